The van der Waals surface area contributed by atoms with Gasteiger partial charge in [0.1, 0.15) is 13.2 Å². The number of rotatable bonds is 9. The van der Waals surface area contributed by atoms with E-state index in [1.807, 2.05) is 60.7 Å². The maximum atomic E-state index is 13.7. The van der Waals surface area contributed by atoms with E-state index in [1.165, 1.54) is 0 Å². The third-order valence-electron chi connectivity index (χ3n) is 4.15. The lowest BCUT2D eigenvalue weighted by Crippen LogP contribution is -2.29. The van der Waals surface area contributed by atoms with Gasteiger partial charge in [-0.2, -0.15) is 0 Å². The van der Waals surface area contributed by atoms with Gasteiger partial charge in [-0.1, -0.05) is 73.5 Å². The molecule has 0 saturated heterocycles. The van der Waals surface area contributed by atoms with Gasteiger partial charge in [0, 0.05) is 16.8 Å². The van der Waals surface area contributed by atoms with Crippen molar-refractivity contribution in [1.29, 1.82) is 0 Å². The second-order valence-electron chi connectivity index (χ2n) is 5.93. The van der Waals surface area contributed by atoms with Crippen molar-refractivity contribution in [2.75, 3.05) is 6.16 Å². The Hall–Kier alpha value is -1.90. The van der Waals surface area contributed by atoms with E-state index >= 15 is 0 Å². The minimum absolute atomic E-state index is 0.455. The molecule has 0 amide bonds. The fourth-order valence-electron chi connectivity index (χ4n) is 2.74. The Morgan fingerprint density at radius 3 is 1.88 bits per heavy atom. The SMILES string of the molecule is N[C@H](CCCCCP(=O)(c1ccccc1)c1ccccc1)C(=O)O. The summed E-state index contributed by atoms with van der Waals surface area (Å²) in [5, 5.41) is 10.5. The molecule has 0 radical (unpaired) electrons. The summed E-state index contributed by atoms with van der Waals surface area (Å²) in [6, 6.07) is 18.4. The molecule has 0 saturated carbocycles. The number of hydrogen-bond donors (Lipinski definition) is 2. The van der Waals surface area contributed by atoms with E-state index in [9.17, 15) is 9.36 Å². The lowest BCUT2D eigenvalue weighted by Gasteiger charge is -2.19. The number of unbranched alkanes of at least 4 members (excludes halogenated alkanes) is 2. The van der Waals surface area contributed by atoms with Crippen LogP contribution in [-0.2, 0) is 9.36 Å². The molecule has 128 valence electrons. The second-order valence-corrected chi connectivity index (χ2v) is 8.89. The van der Waals surface area contributed by atoms with Gasteiger partial charge < -0.3 is 15.4 Å². The smallest absolute Gasteiger partial charge is 0.320 e. The van der Waals surface area contributed by atoms with Crippen molar-refractivity contribution in [3.8, 4) is 0 Å². The van der Waals surface area contributed by atoms with Gasteiger partial charge in [-0.05, 0) is 12.8 Å². The second kappa shape index (κ2) is 8.81. The summed E-state index contributed by atoms with van der Waals surface area (Å²) in [6.45, 7) is 0. The van der Waals surface area contributed by atoms with Crippen molar-refractivity contribution in [3.05, 3.63) is 60.7 Å². The van der Waals surface area contributed by atoms with E-state index in [-0.39, 0.29) is 0 Å². The standard InChI is InChI=1S/C19H24NO3P/c20-18(19(21)22)14-8-3-9-15-24(23,16-10-4-1-5-11-16)17-12-6-2-7-13-17/h1-2,4-7,10-13,18H,3,8-9,14-15,20H2,(H,21,22)/t18-/m1/s1. The van der Waals surface area contributed by atoms with Crippen molar-refractivity contribution in [3.63, 3.8) is 0 Å². The zero-order chi connectivity index (χ0) is 17.4. The summed E-state index contributed by atoms with van der Waals surface area (Å²) in [7, 11) is -2.65. The van der Waals surface area contributed by atoms with Crippen molar-refractivity contribution >= 4 is 23.7 Å². The summed E-state index contributed by atoms with van der Waals surface area (Å²) in [5.41, 5.74) is 5.51. The fraction of sp³-hybridized carbons (Fsp3) is 0.316. The van der Waals surface area contributed by atoms with Crippen LogP contribution in [0.1, 0.15) is 25.7 Å². The van der Waals surface area contributed by atoms with Crippen LogP contribution in [0.4, 0.5) is 0 Å². The minimum atomic E-state index is -2.65. The Morgan fingerprint density at radius 2 is 1.42 bits per heavy atom. The predicted octanol–water partition coefficient (Wildman–Crippen LogP) is 2.97. The zero-order valence-corrected chi connectivity index (χ0v) is 14.6. The third kappa shape index (κ3) is 4.80. The van der Waals surface area contributed by atoms with Crippen LogP contribution >= 0.6 is 7.14 Å². The Balaban J connectivity index is 2.03. The number of carbonyl (C=O) groups is 1. The molecule has 0 unspecified atom stereocenters. The van der Waals surface area contributed by atoms with Gasteiger partial charge in [0.2, 0.25) is 0 Å². The van der Waals surface area contributed by atoms with Crippen molar-refractivity contribution in [2.24, 2.45) is 5.73 Å². The monoisotopic (exact) mass is 345 g/mol. The molecule has 0 aliphatic heterocycles. The van der Waals surface area contributed by atoms with Crippen LogP contribution in [0.3, 0.4) is 0 Å². The first kappa shape index (κ1) is 18.4. The highest BCUT2D eigenvalue weighted by molar-refractivity contribution is 7.78. The first-order valence-corrected chi connectivity index (χ1v) is 10.1. The van der Waals surface area contributed by atoms with Crippen LogP contribution in [0.2, 0.25) is 0 Å². The molecule has 3 N–H and O–H groups in total. The van der Waals surface area contributed by atoms with Gasteiger partial charge in [-0.25, -0.2) is 0 Å². The van der Waals surface area contributed by atoms with Crippen LogP contribution < -0.4 is 16.3 Å². The highest BCUT2D eigenvalue weighted by Crippen LogP contribution is 2.44. The number of aliphatic carboxylic acids is 1. The van der Waals surface area contributed by atoms with E-state index in [0.29, 0.717) is 12.6 Å². The number of benzene rings is 2. The molecule has 0 aliphatic rings. The minimum Gasteiger partial charge on any atom is -0.480 e. The Bertz CT molecular complexity index is 645. The van der Waals surface area contributed by atoms with Gasteiger partial charge in [-0.15, -0.1) is 0 Å². The molecular weight excluding hydrogens is 321 g/mol. The quantitative estimate of drug-likeness (QED) is 0.541. The van der Waals surface area contributed by atoms with Crippen molar-refractivity contribution in [1.82, 2.24) is 0 Å². The predicted molar refractivity (Wildman–Crippen MR) is 98.7 cm³/mol. The van der Waals surface area contributed by atoms with Crippen LogP contribution in [0, 0.1) is 0 Å². The molecule has 0 fully saturated rings. The topological polar surface area (TPSA) is 80.4 Å². The van der Waals surface area contributed by atoms with Gasteiger partial charge in [-0.3, -0.25) is 4.79 Å². The molecule has 2 aromatic carbocycles. The summed E-state index contributed by atoms with van der Waals surface area (Å²) < 4.78 is 13.7. The molecular formula is C19H24NO3P. The number of hydrogen-bond acceptors (Lipinski definition) is 3. The highest BCUT2D eigenvalue weighted by Gasteiger charge is 2.26. The maximum absolute atomic E-state index is 13.7. The molecule has 2 rings (SSSR count). The Morgan fingerprint density at radius 1 is 0.917 bits per heavy atom. The van der Waals surface area contributed by atoms with Crippen LogP contribution in [-0.4, -0.2) is 23.3 Å². The zero-order valence-electron chi connectivity index (χ0n) is 13.7. The summed E-state index contributed by atoms with van der Waals surface area (Å²) in [5.74, 6) is -0.964. The lowest BCUT2D eigenvalue weighted by atomic mass is 10.1. The van der Waals surface area contributed by atoms with E-state index in [2.05, 4.69) is 0 Å². The van der Waals surface area contributed by atoms with Gasteiger partial charge >= 0.3 is 5.97 Å². The molecule has 0 aliphatic carbocycles. The molecule has 0 bridgehead atoms. The molecule has 1 atom stereocenters. The maximum Gasteiger partial charge on any atom is 0.320 e. The summed E-state index contributed by atoms with van der Waals surface area (Å²) in [6.07, 6.45) is 3.38. The highest BCUT2D eigenvalue weighted by atomic mass is 31.2. The number of carboxylic acids is 1. The Kier molecular flexibility index (Phi) is 6.77. The van der Waals surface area contributed by atoms with E-state index in [4.69, 9.17) is 10.8 Å². The number of nitrogens with two attached hydrogens (primary N) is 1. The molecule has 0 spiro atoms. The van der Waals surface area contributed by atoms with E-state index in [1.54, 1.807) is 0 Å². The van der Waals surface area contributed by atoms with Crippen LogP contribution in [0.15, 0.2) is 60.7 Å². The van der Waals surface area contributed by atoms with Gasteiger partial charge in [0.25, 0.3) is 0 Å². The molecule has 5 heteroatoms. The molecule has 24 heavy (non-hydrogen) atoms. The lowest BCUT2D eigenvalue weighted by molar-refractivity contribution is -0.138. The van der Waals surface area contributed by atoms with Crippen molar-refractivity contribution < 1.29 is 14.5 Å². The average molecular weight is 345 g/mol. The molecule has 2 aromatic rings. The third-order valence-corrected chi connectivity index (χ3v) is 7.36. The first-order valence-electron chi connectivity index (χ1n) is 8.23. The van der Waals surface area contributed by atoms with Gasteiger partial charge in [0.15, 0.2) is 0 Å². The normalized spacial score (nSPS) is 12.7. The van der Waals surface area contributed by atoms with E-state index < -0.39 is 19.2 Å². The molecule has 0 heterocycles. The fourth-order valence-corrected chi connectivity index (χ4v) is 5.53. The van der Waals surface area contributed by atoms with E-state index in [0.717, 1.165) is 29.9 Å². The average Bonchev–Trinajstić information content (AvgIpc) is 2.62. The summed E-state index contributed by atoms with van der Waals surface area (Å²) in [4.78, 5) is 10.7. The molecule has 4 nitrogen and oxygen atoms in total. The van der Waals surface area contributed by atoms with Crippen molar-refractivity contribution in [2.45, 2.75) is 31.7 Å². The van der Waals surface area contributed by atoms with Crippen LogP contribution in [0.25, 0.3) is 0 Å². The molecule has 0 aromatic heterocycles. The van der Waals surface area contributed by atoms with Gasteiger partial charge in [0.05, 0.1) is 0 Å². The Labute approximate surface area is 143 Å². The van der Waals surface area contributed by atoms with Crippen LogP contribution in [0.5, 0.6) is 0 Å². The largest absolute Gasteiger partial charge is 0.480 e. The summed E-state index contributed by atoms with van der Waals surface area (Å²) >= 11 is 0. The number of carboxylic acid groups (broad SMARTS) is 1. The first-order chi connectivity index (χ1) is 11.5.